The van der Waals surface area contributed by atoms with E-state index in [4.69, 9.17) is 11.6 Å². The Hall–Kier alpha value is -1.59. The van der Waals surface area contributed by atoms with Crippen LogP contribution in [0.15, 0.2) is 41.3 Å². The Balaban J connectivity index is 1.95. The van der Waals surface area contributed by atoms with Gasteiger partial charge in [0.2, 0.25) is 0 Å². The number of nitrogens with one attached hydrogen (secondary N) is 1. The number of halogens is 2. The van der Waals surface area contributed by atoms with Crippen LogP contribution in [0.1, 0.15) is 5.56 Å². The minimum atomic E-state index is 0.638. The van der Waals surface area contributed by atoms with Crippen LogP contribution in [0.25, 0.3) is 10.9 Å². The monoisotopic (exact) mass is 350 g/mol. The second-order valence-corrected chi connectivity index (χ2v) is 5.84. The van der Waals surface area contributed by atoms with Gasteiger partial charge in [-0.25, -0.2) is 0 Å². The fraction of sp³-hybridized carbons (Fsp3) is 0.143. The van der Waals surface area contributed by atoms with Crippen LogP contribution in [-0.2, 0) is 13.6 Å². The van der Waals surface area contributed by atoms with Crippen LogP contribution >= 0.6 is 27.5 Å². The first-order valence-corrected chi connectivity index (χ1v) is 7.26. The lowest BCUT2D eigenvalue weighted by atomic mass is 10.2. The Morgan fingerprint density at radius 3 is 3.00 bits per heavy atom. The molecule has 1 aromatic carbocycles. The molecule has 0 unspecified atom stereocenters. The number of fused-ring (bicyclic) bond motifs is 1. The molecule has 0 aliphatic heterocycles. The highest BCUT2D eigenvalue weighted by atomic mass is 79.9. The highest BCUT2D eigenvalue weighted by Crippen LogP contribution is 2.31. The maximum atomic E-state index is 6.22. The molecule has 0 radical (unpaired) electrons. The van der Waals surface area contributed by atoms with Gasteiger partial charge in [0.25, 0.3) is 0 Å². The largest absolute Gasteiger partial charge is 0.380 e. The molecule has 0 saturated carbocycles. The first-order chi connectivity index (χ1) is 9.63. The molecule has 0 atom stereocenters. The van der Waals surface area contributed by atoms with Crippen molar-refractivity contribution in [3.8, 4) is 0 Å². The maximum absolute atomic E-state index is 6.22. The van der Waals surface area contributed by atoms with Gasteiger partial charge in [-0.15, -0.1) is 0 Å². The number of aromatic nitrogens is 3. The lowest BCUT2D eigenvalue weighted by Gasteiger charge is -2.09. The van der Waals surface area contributed by atoms with Gasteiger partial charge < -0.3 is 5.32 Å². The Morgan fingerprint density at radius 1 is 1.40 bits per heavy atom. The van der Waals surface area contributed by atoms with Crippen molar-refractivity contribution < 1.29 is 0 Å². The first-order valence-electron chi connectivity index (χ1n) is 6.08. The standard InChI is InChI=1S/C14H12BrClN4/c1-20-8-9(7-19-20)6-18-13-2-3-17-14-11(13)4-10(15)5-12(14)16/h2-5,7-8H,6H2,1H3,(H,17,18). The number of hydrogen-bond donors (Lipinski definition) is 1. The predicted octanol–water partition coefficient (Wildman–Crippen LogP) is 4.00. The molecule has 4 nitrogen and oxygen atoms in total. The number of benzene rings is 1. The number of aryl methyl sites for hydroxylation is 1. The summed E-state index contributed by atoms with van der Waals surface area (Å²) in [5, 5.41) is 9.19. The van der Waals surface area contributed by atoms with E-state index in [1.165, 1.54) is 0 Å². The van der Waals surface area contributed by atoms with E-state index in [1.54, 1.807) is 10.9 Å². The van der Waals surface area contributed by atoms with E-state index >= 15 is 0 Å². The Bertz CT molecular complexity index is 769. The average molecular weight is 352 g/mol. The lowest BCUT2D eigenvalue weighted by molar-refractivity contribution is 0.767. The predicted molar refractivity (Wildman–Crippen MR) is 85.0 cm³/mol. The molecular formula is C14H12BrClN4. The van der Waals surface area contributed by atoms with Gasteiger partial charge in [0.15, 0.2) is 0 Å². The summed E-state index contributed by atoms with van der Waals surface area (Å²) in [4.78, 5) is 4.33. The third kappa shape index (κ3) is 2.64. The van der Waals surface area contributed by atoms with Crippen molar-refractivity contribution in [1.29, 1.82) is 0 Å². The summed E-state index contributed by atoms with van der Waals surface area (Å²) in [6.45, 7) is 0.705. The van der Waals surface area contributed by atoms with Crippen LogP contribution in [0.3, 0.4) is 0 Å². The Morgan fingerprint density at radius 2 is 2.25 bits per heavy atom. The van der Waals surface area contributed by atoms with E-state index in [0.717, 1.165) is 26.6 Å². The average Bonchev–Trinajstić information content (AvgIpc) is 2.82. The van der Waals surface area contributed by atoms with Crippen LogP contribution in [0, 0.1) is 0 Å². The SMILES string of the molecule is Cn1cc(CNc2ccnc3c(Cl)cc(Br)cc23)cn1. The van der Waals surface area contributed by atoms with Gasteiger partial charge in [-0.2, -0.15) is 5.10 Å². The van der Waals surface area contributed by atoms with Crippen molar-refractivity contribution in [1.82, 2.24) is 14.8 Å². The van der Waals surface area contributed by atoms with E-state index < -0.39 is 0 Å². The van der Waals surface area contributed by atoms with Crippen LogP contribution in [0.5, 0.6) is 0 Å². The van der Waals surface area contributed by atoms with Crippen molar-refractivity contribution in [2.24, 2.45) is 7.05 Å². The molecule has 0 aliphatic rings. The van der Waals surface area contributed by atoms with E-state index in [2.05, 4.69) is 31.3 Å². The number of nitrogens with zero attached hydrogens (tertiary/aromatic N) is 3. The van der Waals surface area contributed by atoms with Crippen LogP contribution in [-0.4, -0.2) is 14.8 Å². The van der Waals surface area contributed by atoms with Crippen molar-refractivity contribution >= 4 is 44.1 Å². The maximum Gasteiger partial charge on any atom is 0.0909 e. The molecule has 0 aliphatic carbocycles. The molecule has 3 aromatic rings. The molecule has 1 N–H and O–H groups in total. The zero-order valence-corrected chi connectivity index (χ0v) is 13.1. The zero-order valence-electron chi connectivity index (χ0n) is 10.8. The molecule has 2 heterocycles. The summed E-state index contributed by atoms with van der Waals surface area (Å²) in [5.41, 5.74) is 2.92. The van der Waals surface area contributed by atoms with Crippen LogP contribution in [0.2, 0.25) is 5.02 Å². The Kier molecular flexibility index (Phi) is 3.63. The Labute approximate surface area is 129 Å². The van der Waals surface area contributed by atoms with Crippen LogP contribution in [0.4, 0.5) is 5.69 Å². The van der Waals surface area contributed by atoms with E-state index in [0.29, 0.717) is 11.6 Å². The molecule has 2 aromatic heterocycles. The molecular weight excluding hydrogens is 340 g/mol. The third-order valence-corrected chi connectivity index (χ3v) is 3.75. The lowest BCUT2D eigenvalue weighted by Crippen LogP contribution is -1.99. The molecule has 0 saturated heterocycles. The van der Waals surface area contributed by atoms with Gasteiger partial charge in [-0.05, 0) is 18.2 Å². The second kappa shape index (κ2) is 5.42. The van der Waals surface area contributed by atoms with Gasteiger partial charge in [0.1, 0.15) is 0 Å². The fourth-order valence-corrected chi connectivity index (χ4v) is 2.95. The molecule has 20 heavy (non-hydrogen) atoms. The van der Waals surface area contributed by atoms with Crippen molar-refractivity contribution in [2.45, 2.75) is 6.54 Å². The second-order valence-electron chi connectivity index (χ2n) is 4.52. The number of hydrogen-bond acceptors (Lipinski definition) is 3. The van der Waals surface area contributed by atoms with E-state index in [9.17, 15) is 0 Å². The molecule has 6 heteroatoms. The highest BCUT2D eigenvalue weighted by molar-refractivity contribution is 9.10. The van der Waals surface area contributed by atoms with E-state index in [1.807, 2.05) is 37.6 Å². The quantitative estimate of drug-likeness (QED) is 0.775. The van der Waals surface area contributed by atoms with Gasteiger partial charge in [-0.3, -0.25) is 9.67 Å². The summed E-state index contributed by atoms with van der Waals surface area (Å²) >= 11 is 9.68. The molecule has 0 bridgehead atoms. The van der Waals surface area contributed by atoms with Crippen molar-refractivity contribution in [3.63, 3.8) is 0 Å². The van der Waals surface area contributed by atoms with Crippen LogP contribution < -0.4 is 5.32 Å². The summed E-state index contributed by atoms with van der Waals surface area (Å²) in [6.07, 6.45) is 5.59. The smallest absolute Gasteiger partial charge is 0.0909 e. The van der Waals surface area contributed by atoms with Crippen molar-refractivity contribution in [3.05, 3.63) is 51.8 Å². The first kappa shape index (κ1) is 13.4. The minimum Gasteiger partial charge on any atom is -0.380 e. The number of anilines is 1. The molecule has 0 spiro atoms. The zero-order chi connectivity index (χ0) is 14.1. The fourth-order valence-electron chi connectivity index (χ4n) is 2.09. The molecule has 3 rings (SSSR count). The summed E-state index contributed by atoms with van der Waals surface area (Å²) in [6, 6.07) is 5.81. The number of pyridine rings is 1. The highest BCUT2D eigenvalue weighted by Gasteiger charge is 2.07. The van der Waals surface area contributed by atoms with Gasteiger partial charge >= 0.3 is 0 Å². The third-order valence-electron chi connectivity index (χ3n) is 3.00. The van der Waals surface area contributed by atoms with Crippen molar-refractivity contribution in [2.75, 3.05) is 5.32 Å². The summed E-state index contributed by atoms with van der Waals surface area (Å²) in [5.74, 6) is 0. The molecule has 102 valence electrons. The van der Waals surface area contributed by atoms with Gasteiger partial charge in [0, 0.05) is 47.1 Å². The van der Waals surface area contributed by atoms with E-state index in [-0.39, 0.29) is 0 Å². The van der Waals surface area contributed by atoms with Gasteiger partial charge in [-0.1, -0.05) is 27.5 Å². The minimum absolute atomic E-state index is 0.638. The summed E-state index contributed by atoms with van der Waals surface area (Å²) < 4.78 is 2.72. The normalized spacial score (nSPS) is 10.9. The summed E-state index contributed by atoms with van der Waals surface area (Å²) in [7, 11) is 1.90. The van der Waals surface area contributed by atoms with Gasteiger partial charge in [0.05, 0.1) is 16.7 Å². The number of rotatable bonds is 3. The molecule has 0 fully saturated rings. The topological polar surface area (TPSA) is 42.7 Å². The molecule has 0 amide bonds.